The lowest BCUT2D eigenvalue weighted by molar-refractivity contribution is -0.129. The lowest BCUT2D eigenvalue weighted by Crippen LogP contribution is -2.29. The molecule has 0 aliphatic heterocycles. The van der Waals surface area contributed by atoms with Crippen LogP contribution in [-0.2, 0) is 4.79 Å². The number of carbonyl (C=O) groups is 1. The van der Waals surface area contributed by atoms with Crippen molar-refractivity contribution in [1.82, 2.24) is 15.3 Å². The molecule has 1 aromatic heterocycles. The molecule has 0 bridgehead atoms. The zero-order valence-corrected chi connectivity index (χ0v) is 12.3. The smallest absolute Gasteiger partial charge is 0.253 e. The van der Waals surface area contributed by atoms with Gasteiger partial charge in [-0.05, 0) is 37.3 Å². The summed E-state index contributed by atoms with van der Waals surface area (Å²) in [5.41, 5.74) is 4.41. The predicted molar refractivity (Wildman–Crippen MR) is 79.0 cm³/mol. The highest BCUT2D eigenvalue weighted by atomic mass is 16.7. The van der Waals surface area contributed by atoms with Crippen molar-refractivity contribution in [2.75, 3.05) is 0 Å². The van der Waals surface area contributed by atoms with E-state index in [0.717, 1.165) is 24.2 Å². The average Bonchev–Trinajstić information content (AvgIpc) is 3.06. The zero-order valence-electron chi connectivity index (χ0n) is 12.3. The molecular formula is C16H19N3O2. The van der Waals surface area contributed by atoms with Gasteiger partial charge >= 0.3 is 0 Å². The van der Waals surface area contributed by atoms with Gasteiger partial charge in [0, 0.05) is 12.5 Å². The van der Waals surface area contributed by atoms with E-state index in [1.165, 1.54) is 0 Å². The van der Waals surface area contributed by atoms with Gasteiger partial charge in [0.15, 0.2) is 0 Å². The van der Waals surface area contributed by atoms with Crippen molar-refractivity contribution < 1.29 is 9.63 Å². The number of aromatic nitrogens is 2. The molecule has 0 atom stereocenters. The third-order valence-corrected chi connectivity index (χ3v) is 3.76. The van der Waals surface area contributed by atoms with Crippen LogP contribution in [-0.4, -0.2) is 15.7 Å². The Morgan fingerprint density at radius 1 is 1.38 bits per heavy atom. The fourth-order valence-electron chi connectivity index (χ4n) is 2.23. The normalized spacial score (nSPS) is 15.5. The number of benzene rings is 1. The molecule has 3 rings (SSSR count). The molecule has 1 aromatic carbocycles. The first-order valence-electron chi connectivity index (χ1n) is 7.14. The molecule has 1 aliphatic carbocycles. The number of nitrogens with one attached hydrogen (secondary N) is 1. The highest BCUT2D eigenvalue weighted by molar-refractivity contribution is 5.76. The molecular weight excluding hydrogens is 266 g/mol. The van der Waals surface area contributed by atoms with Gasteiger partial charge in [-0.3, -0.25) is 4.79 Å². The minimum absolute atomic E-state index is 0.0894. The van der Waals surface area contributed by atoms with E-state index in [1.807, 2.05) is 37.3 Å². The number of hydroxylamine groups is 1. The van der Waals surface area contributed by atoms with Crippen molar-refractivity contribution in [1.29, 1.82) is 0 Å². The summed E-state index contributed by atoms with van der Waals surface area (Å²) >= 11 is 0. The topological polar surface area (TPSA) is 56.1 Å². The summed E-state index contributed by atoms with van der Waals surface area (Å²) in [6, 6.07) is 11.5. The highest BCUT2D eigenvalue weighted by Gasteiger charge is 2.39. The van der Waals surface area contributed by atoms with E-state index in [-0.39, 0.29) is 11.3 Å². The zero-order chi connectivity index (χ0) is 14.9. The van der Waals surface area contributed by atoms with Crippen LogP contribution in [0.1, 0.15) is 31.9 Å². The number of nitrogens with zero attached hydrogens (tertiary/aromatic N) is 2. The van der Waals surface area contributed by atoms with Gasteiger partial charge in [-0.15, -0.1) is 0 Å². The third kappa shape index (κ3) is 3.24. The Bertz CT molecular complexity index is 645. The second kappa shape index (κ2) is 5.24. The quantitative estimate of drug-likeness (QED) is 0.859. The lowest BCUT2D eigenvalue weighted by Gasteiger charge is -2.11. The molecule has 21 heavy (non-hydrogen) atoms. The fourth-order valence-corrected chi connectivity index (χ4v) is 2.23. The maximum atomic E-state index is 11.9. The average molecular weight is 285 g/mol. The van der Waals surface area contributed by atoms with Gasteiger partial charge in [0.05, 0.1) is 11.4 Å². The van der Waals surface area contributed by atoms with Crippen LogP contribution in [0.4, 0.5) is 0 Å². The van der Waals surface area contributed by atoms with Crippen molar-refractivity contribution in [3.8, 4) is 11.6 Å². The Hall–Kier alpha value is -2.30. The van der Waals surface area contributed by atoms with Crippen molar-refractivity contribution in [3.63, 3.8) is 0 Å². The van der Waals surface area contributed by atoms with E-state index in [0.29, 0.717) is 12.3 Å². The molecule has 1 heterocycles. The Morgan fingerprint density at radius 3 is 2.76 bits per heavy atom. The third-order valence-electron chi connectivity index (χ3n) is 3.76. The molecule has 1 fully saturated rings. The van der Waals surface area contributed by atoms with E-state index < -0.39 is 0 Å². The second-order valence-electron chi connectivity index (χ2n) is 5.99. The number of rotatable bonds is 5. The summed E-state index contributed by atoms with van der Waals surface area (Å²) in [4.78, 5) is 17.3. The Kier molecular flexibility index (Phi) is 3.41. The van der Waals surface area contributed by atoms with Gasteiger partial charge in [-0.1, -0.05) is 25.1 Å². The summed E-state index contributed by atoms with van der Waals surface area (Å²) < 4.78 is 1.68. The van der Waals surface area contributed by atoms with Crippen LogP contribution >= 0.6 is 0 Å². The highest BCUT2D eigenvalue weighted by Crippen LogP contribution is 2.47. The molecule has 2 aromatic rings. The van der Waals surface area contributed by atoms with Gasteiger partial charge in [0.1, 0.15) is 0 Å². The number of aryl methyl sites for hydroxylation is 1. The first kappa shape index (κ1) is 13.7. The van der Waals surface area contributed by atoms with E-state index in [1.54, 1.807) is 10.7 Å². The van der Waals surface area contributed by atoms with Crippen LogP contribution in [0.2, 0.25) is 0 Å². The Morgan fingerprint density at radius 2 is 2.10 bits per heavy atom. The van der Waals surface area contributed by atoms with E-state index in [4.69, 9.17) is 4.84 Å². The summed E-state index contributed by atoms with van der Waals surface area (Å²) in [6.07, 6.45) is 2.73. The van der Waals surface area contributed by atoms with Gasteiger partial charge in [-0.25, -0.2) is 0 Å². The van der Waals surface area contributed by atoms with Crippen molar-refractivity contribution in [2.24, 2.45) is 5.41 Å². The SMILES string of the molecule is Cc1cc(ONC(=O)CC2(C)CC2)n(-c2ccccc2)n1. The number of carbonyl (C=O) groups excluding carboxylic acids is 1. The molecule has 0 radical (unpaired) electrons. The van der Waals surface area contributed by atoms with Crippen molar-refractivity contribution in [2.45, 2.75) is 33.1 Å². The number of hydrogen-bond acceptors (Lipinski definition) is 3. The Balaban J connectivity index is 1.69. The molecule has 1 saturated carbocycles. The van der Waals surface area contributed by atoms with Crippen LogP contribution in [0.5, 0.6) is 5.88 Å². The minimum atomic E-state index is -0.0894. The summed E-state index contributed by atoms with van der Waals surface area (Å²) in [7, 11) is 0. The van der Waals surface area contributed by atoms with Crippen LogP contribution < -0.4 is 10.3 Å². The van der Waals surface area contributed by atoms with Gasteiger partial charge in [0.25, 0.3) is 5.91 Å². The largest absolute Gasteiger partial charge is 0.359 e. The number of hydrogen-bond donors (Lipinski definition) is 1. The van der Waals surface area contributed by atoms with Crippen LogP contribution in [0.25, 0.3) is 5.69 Å². The van der Waals surface area contributed by atoms with Gasteiger partial charge < -0.3 is 4.84 Å². The molecule has 0 saturated heterocycles. The molecule has 1 N–H and O–H groups in total. The van der Waals surface area contributed by atoms with Gasteiger partial charge in [0.2, 0.25) is 5.88 Å². The monoisotopic (exact) mass is 285 g/mol. The molecule has 1 amide bonds. The maximum Gasteiger partial charge on any atom is 0.253 e. The van der Waals surface area contributed by atoms with E-state index in [9.17, 15) is 4.79 Å². The molecule has 5 nitrogen and oxygen atoms in total. The van der Waals surface area contributed by atoms with Crippen LogP contribution in [0.3, 0.4) is 0 Å². The molecule has 0 unspecified atom stereocenters. The van der Waals surface area contributed by atoms with Crippen molar-refractivity contribution >= 4 is 5.91 Å². The van der Waals surface area contributed by atoms with E-state index in [2.05, 4.69) is 17.5 Å². The van der Waals surface area contributed by atoms with Gasteiger partial charge in [-0.2, -0.15) is 15.3 Å². The molecule has 5 heteroatoms. The summed E-state index contributed by atoms with van der Waals surface area (Å²) in [5.74, 6) is 0.418. The molecule has 110 valence electrons. The first-order chi connectivity index (χ1) is 10.1. The maximum absolute atomic E-state index is 11.9. The number of amides is 1. The van der Waals surface area contributed by atoms with Crippen molar-refractivity contribution in [3.05, 3.63) is 42.1 Å². The summed E-state index contributed by atoms with van der Waals surface area (Å²) in [5, 5.41) is 4.39. The fraction of sp³-hybridized carbons (Fsp3) is 0.375. The Labute approximate surface area is 123 Å². The number of para-hydroxylation sites is 1. The minimum Gasteiger partial charge on any atom is -0.359 e. The molecule has 1 aliphatic rings. The standard InChI is InChI=1S/C16H19N3O2/c1-12-10-15(19(17-12)13-6-4-3-5-7-13)21-18-14(20)11-16(2)8-9-16/h3-7,10H,8-9,11H2,1-2H3,(H,18,20). The molecule has 0 spiro atoms. The van der Waals surface area contributed by atoms with Crippen LogP contribution in [0.15, 0.2) is 36.4 Å². The predicted octanol–water partition coefficient (Wildman–Crippen LogP) is 2.78. The first-order valence-corrected chi connectivity index (χ1v) is 7.14. The summed E-state index contributed by atoms with van der Waals surface area (Å²) in [6.45, 7) is 4.00. The lowest BCUT2D eigenvalue weighted by atomic mass is 10.1. The van der Waals surface area contributed by atoms with E-state index >= 15 is 0 Å². The van der Waals surface area contributed by atoms with Crippen LogP contribution in [0, 0.1) is 12.3 Å². The second-order valence-corrected chi connectivity index (χ2v) is 5.99.